The van der Waals surface area contributed by atoms with Gasteiger partial charge in [-0.2, -0.15) is 0 Å². The molecule has 1 atom stereocenters. The van der Waals surface area contributed by atoms with Gasteiger partial charge >= 0.3 is 0 Å². The van der Waals surface area contributed by atoms with Gasteiger partial charge in [-0.3, -0.25) is 0 Å². The van der Waals surface area contributed by atoms with Crippen LogP contribution in [0.4, 0.5) is 0 Å². The molecule has 20 heavy (non-hydrogen) atoms. The first kappa shape index (κ1) is 17.0. The van der Waals surface area contributed by atoms with Gasteiger partial charge in [0.15, 0.2) is 0 Å². The SMILES string of the molecule is CC(C)Oc1cccc(C(C)NCCNC(C)(C)C)c1. The normalized spacial score (nSPS) is 13.6. The Kier molecular flexibility index (Phi) is 6.50. The molecular formula is C17H30N2O. The lowest BCUT2D eigenvalue weighted by molar-refractivity contribution is 0.242. The van der Waals surface area contributed by atoms with Gasteiger partial charge in [0.1, 0.15) is 5.75 Å². The third-order valence-corrected chi connectivity index (χ3v) is 2.96. The summed E-state index contributed by atoms with van der Waals surface area (Å²) in [4.78, 5) is 0. The van der Waals surface area contributed by atoms with Crippen LogP contribution in [0.2, 0.25) is 0 Å². The number of hydrogen-bond donors (Lipinski definition) is 2. The molecule has 1 aromatic rings. The molecule has 0 saturated heterocycles. The molecule has 0 aliphatic carbocycles. The van der Waals surface area contributed by atoms with Gasteiger partial charge in [-0.1, -0.05) is 12.1 Å². The first-order valence-electron chi connectivity index (χ1n) is 7.53. The Labute approximate surface area is 124 Å². The summed E-state index contributed by atoms with van der Waals surface area (Å²) in [7, 11) is 0. The van der Waals surface area contributed by atoms with Gasteiger partial charge < -0.3 is 15.4 Å². The standard InChI is InChI=1S/C17H30N2O/c1-13(2)20-16-9-7-8-15(12-16)14(3)18-10-11-19-17(4,5)6/h7-9,12-14,18-19H,10-11H2,1-6H3. The summed E-state index contributed by atoms with van der Waals surface area (Å²) in [6.45, 7) is 14.8. The molecule has 0 fully saturated rings. The Morgan fingerprint density at radius 1 is 1.10 bits per heavy atom. The van der Waals surface area contributed by atoms with Gasteiger partial charge in [0.05, 0.1) is 6.10 Å². The molecular weight excluding hydrogens is 248 g/mol. The third kappa shape index (κ3) is 6.92. The van der Waals surface area contributed by atoms with Crippen LogP contribution in [-0.4, -0.2) is 24.7 Å². The highest BCUT2D eigenvalue weighted by atomic mass is 16.5. The lowest BCUT2D eigenvalue weighted by atomic mass is 10.1. The summed E-state index contributed by atoms with van der Waals surface area (Å²) in [6, 6.07) is 8.65. The zero-order valence-electron chi connectivity index (χ0n) is 13.8. The Hall–Kier alpha value is -1.06. The highest BCUT2D eigenvalue weighted by molar-refractivity contribution is 5.30. The first-order chi connectivity index (χ1) is 9.28. The van der Waals surface area contributed by atoms with E-state index < -0.39 is 0 Å². The molecule has 0 saturated carbocycles. The molecule has 1 rings (SSSR count). The zero-order valence-corrected chi connectivity index (χ0v) is 13.8. The molecule has 0 aliphatic heterocycles. The summed E-state index contributed by atoms with van der Waals surface area (Å²) in [5.74, 6) is 0.943. The van der Waals surface area contributed by atoms with Crippen molar-refractivity contribution in [2.24, 2.45) is 0 Å². The molecule has 0 aliphatic rings. The highest BCUT2D eigenvalue weighted by Gasteiger charge is 2.09. The summed E-state index contributed by atoms with van der Waals surface area (Å²) in [6.07, 6.45) is 0.213. The molecule has 0 heterocycles. The van der Waals surface area contributed by atoms with Crippen molar-refractivity contribution in [3.05, 3.63) is 29.8 Å². The Bertz CT molecular complexity index is 396. The van der Waals surface area contributed by atoms with Crippen molar-refractivity contribution in [2.45, 2.75) is 59.2 Å². The van der Waals surface area contributed by atoms with Crippen LogP contribution in [0.5, 0.6) is 5.75 Å². The van der Waals surface area contributed by atoms with E-state index in [0.29, 0.717) is 6.04 Å². The molecule has 0 radical (unpaired) electrons. The number of ether oxygens (including phenoxy) is 1. The van der Waals surface area contributed by atoms with E-state index in [1.165, 1.54) is 5.56 Å². The number of rotatable bonds is 7. The van der Waals surface area contributed by atoms with Gasteiger partial charge in [-0.15, -0.1) is 0 Å². The maximum Gasteiger partial charge on any atom is 0.120 e. The minimum absolute atomic E-state index is 0.177. The van der Waals surface area contributed by atoms with Gasteiger partial charge in [0.2, 0.25) is 0 Å². The lowest BCUT2D eigenvalue weighted by Gasteiger charge is -2.22. The van der Waals surface area contributed by atoms with Crippen molar-refractivity contribution < 1.29 is 4.74 Å². The summed E-state index contributed by atoms with van der Waals surface area (Å²) >= 11 is 0. The minimum Gasteiger partial charge on any atom is -0.491 e. The fourth-order valence-electron chi connectivity index (χ4n) is 1.97. The van der Waals surface area contributed by atoms with E-state index in [-0.39, 0.29) is 11.6 Å². The summed E-state index contributed by atoms with van der Waals surface area (Å²) < 4.78 is 5.74. The second-order valence-electron chi connectivity index (χ2n) is 6.59. The van der Waals surface area contributed by atoms with Crippen molar-refractivity contribution in [1.29, 1.82) is 0 Å². The van der Waals surface area contributed by atoms with E-state index in [9.17, 15) is 0 Å². The first-order valence-corrected chi connectivity index (χ1v) is 7.53. The van der Waals surface area contributed by atoms with Crippen LogP contribution in [0.25, 0.3) is 0 Å². The number of benzene rings is 1. The van der Waals surface area contributed by atoms with Crippen molar-refractivity contribution in [1.82, 2.24) is 10.6 Å². The van der Waals surface area contributed by atoms with Crippen LogP contribution in [-0.2, 0) is 0 Å². The largest absolute Gasteiger partial charge is 0.491 e. The monoisotopic (exact) mass is 278 g/mol. The third-order valence-electron chi connectivity index (χ3n) is 2.96. The number of nitrogens with one attached hydrogen (secondary N) is 2. The van der Waals surface area contributed by atoms with Crippen LogP contribution < -0.4 is 15.4 Å². The van der Waals surface area contributed by atoms with E-state index in [4.69, 9.17) is 4.74 Å². The minimum atomic E-state index is 0.177. The van der Waals surface area contributed by atoms with Crippen LogP contribution in [0.15, 0.2) is 24.3 Å². The Balaban J connectivity index is 2.44. The maximum absolute atomic E-state index is 5.74. The second kappa shape index (κ2) is 7.65. The molecule has 1 unspecified atom stereocenters. The lowest BCUT2D eigenvalue weighted by Crippen LogP contribution is -2.40. The summed E-state index contributed by atoms with van der Waals surface area (Å²) in [5, 5.41) is 7.01. The Morgan fingerprint density at radius 3 is 2.40 bits per heavy atom. The molecule has 0 aromatic heterocycles. The van der Waals surface area contributed by atoms with Crippen LogP contribution in [0.3, 0.4) is 0 Å². The Morgan fingerprint density at radius 2 is 1.80 bits per heavy atom. The van der Waals surface area contributed by atoms with Gasteiger partial charge in [0.25, 0.3) is 0 Å². The van der Waals surface area contributed by atoms with Crippen LogP contribution in [0.1, 0.15) is 53.1 Å². The molecule has 114 valence electrons. The van der Waals surface area contributed by atoms with Crippen molar-refractivity contribution in [3.8, 4) is 5.75 Å². The zero-order chi connectivity index (χ0) is 15.2. The van der Waals surface area contributed by atoms with E-state index in [1.54, 1.807) is 0 Å². The van der Waals surface area contributed by atoms with Crippen LogP contribution >= 0.6 is 0 Å². The van der Waals surface area contributed by atoms with E-state index in [0.717, 1.165) is 18.8 Å². The predicted octanol–water partition coefficient (Wildman–Crippen LogP) is 3.51. The second-order valence-corrected chi connectivity index (χ2v) is 6.59. The molecule has 1 aromatic carbocycles. The topological polar surface area (TPSA) is 33.3 Å². The van der Waals surface area contributed by atoms with Gasteiger partial charge in [0, 0.05) is 24.7 Å². The average molecular weight is 278 g/mol. The van der Waals surface area contributed by atoms with E-state index in [1.807, 2.05) is 19.9 Å². The average Bonchev–Trinajstić information content (AvgIpc) is 2.32. The molecule has 0 amide bonds. The highest BCUT2D eigenvalue weighted by Crippen LogP contribution is 2.19. The van der Waals surface area contributed by atoms with Crippen LogP contribution in [0, 0.1) is 0 Å². The van der Waals surface area contributed by atoms with Crippen molar-refractivity contribution in [2.75, 3.05) is 13.1 Å². The van der Waals surface area contributed by atoms with Crippen molar-refractivity contribution in [3.63, 3.8) is 0 Å². The maximum atomic E-state index is 5.74. The van der Waals surface area contributed by atoms with E-state index >= 15 is 0 Å². The summed E-state index contributed by atoms with van der Waals surface area (Å²) in [5.41, 5.74) is 1.44. The fraction of sp³-hybridized carbons (Fsp3) is 0.647. The molecule has 0 spiro atoms. The van der Waals surface area contributed by atoms with Gasteiger partial charge in [-0.05, 0) is 59.2 Å². The fourth-order valence-corrected chi connectivity index (χ4v) is 1.97. The van der Waals surface area contributed by atoms with Gasteiger partial charge in [-0.25, -0.2) is 0 Å². The molecule has 2 N–H and O–H groups in total. The predicted molar refractivity (Wildman–Crippen MR) is 86.4 cm³/mol. The van der Waals surface area contributed by atoms with E-state index in [2.05, 4.69) is 56.5 Å². The number of hydrogen-bond acceptors (Lipinski definition) is 3. The molecule has 3 nitrogen and oxygen atoms in total. The smallest absolute Gasteiger partial charge is 0.120 e. The van der Waals surface area contributed by atoms with Crippen molar-refractivity contribution >= 4 is 0 Å². The quantitative estimate of drug-likeness (QED) is 0.749. The molecule has 0 bridgehead atoms. The molecule has 3 heteroatoms.